The Bertz CT molecular complexity index is 570. The van der Waals surface area contributed by atoms with E-state index in [4.69, 9.17) is 9.47 Å². The lowest BCUT2D eigenvalue weighted by Gasteiger charge is -2.13. The fourth-order valence-corrected chi connectivity index (χ4v) is 2.14. The molecule has 0 atom stereocenters. The Hall–Kier alpha value is -1.16. The largest absolute Gasteiger partial charge is 0.534 e. The van der Waals surface area contributed by atoms with E-state index in [1.807, 2.05) is 0 Å². The molecule has 0 aliphatic rings. The Labute approximate surface area is 115 Å². The summed E-state index contributed by atoms with van der Waals surface area (Å²) < 4.78 is 72.1. The molecule has 0 heterocycles. The quantitative estimate of drug-likeness (QED) is 0.607. The summed E-state index contributed by atoms with van der Waals surface area (Å²) in [6.07, 6.45) is 0. The fraction of sp³-hybridized carbons (Fsp3) is 0.333. The van der Waals surface area contributed by atoms with Gasteiger partial charge in [0.25, 0.3) is 0 Å². The topological polar surface area (TPSA) is 61.8 Å². The highest BCUT2D eigenvalue weighted by molar-refractivity contribution is 9.10. The average Bonchev–Trinajstić information content (AvgIpc) is 2.26. The standard InChI is InChI=1S/C9H8BrF3O5S/c1-16-7-4-5(3-6(10)8(7)17-2)18-19(14,15)9(11,12)13/h3-4H,1-2H3. The summed E-state index contributed by atoms with van der Waals surface area (Å²) >= 11 is 3.00. The van der Waals surface area contributed by atoms with E-state index in [0.29, 0.717) is 0 Å². The first-order valence-corrected chi connectivity index (χ1v) is 6.74. The van der Waals surface area contributed by atoms with Gasteiger partial charge in [0, 0.05) is 12.1 Å². The van der Waals surface area contributed by atoms with Gasteiger partial charge in [-0.05, 0) is 15.9 Å². The summed E-state index contributed by atoms with van der Waals surface area (Å²) in [5.74, 6) is -0.342. The van der Waals surface area contributed by atoms with Crippen LogP contribution in [0.2, 0.25) is 0 Å². The Balaban J connectivity index is 3.22. The van der Waals surface area contributed by atoms with E-state index in [2.05, 4.69) is 20.1 Å². The minimum atomic E-state index is -5.73. The molecule has 19 heavy (non-hydrogen) atoms. The molecule has 0 amide bonds. The molecule has 0 saturated heterocycles. The number of benzene rings is 1. The average molecular weight is 365 g/mol. The van der Waals surface area contributed by atoms with Crippen molar-refractivity contribution in [1.82, 2.24) is 0 Å². The van der Waals surface area contributed by atoms with Crippen LogP contribution in [0.5, 0.6) is 17.2 Å². The third kappa shape index (κ3) is 3.44. The minimum absolute atomic E-state index is 0.0178. The molecule has 10 heteroatoms. The molecule has 0 aliphatic heterocycles. The summed E-state index contributed by atoms with van der Waals surface area (Å²) in [6.45, 7) is 0. The third-order valence-electron chi connectivity index (χ3n) is 1.90. The number of hydrogen-bond acceptors (Lipinski definition) is 5. The summed E-state index contributed by atoms with van der Waals surface area (Å²) in [7, 11) is -3.17. The molecule has 5 nitrogen and oxygen atoms in total. The Morgan fingerprint density at radius 2 is 1.74 bits per heavy atom. The SMILES string of the molecule is COc1cc(OS(=O)(=O)C(F)(F)F)cc(Br)c1OC. The van der Waals surface area contributed by atoms with Crippen molar-refractivity contribution in [2.24, 2.45) is 0 Å². The normalized spacial score (nSPS) is 12.1. The first-order chi connectivity index (χ1) is 8.62. The van der Waals surface area contributed by atoms with Crippen LogP contribution in [-0.2, 0) is 10.1 Å². The molecule has 0 saturated carbocycles. The number of halogens is 4. The van der Waals surface area contributed by atoms with Gasteiger partial charge in [-0.3, -0.25) is 0 Å². The van der Waals surface area contributed by atoms with Crippen LogP contribution in [0, 0.1) is 0 Å². The molecule has 0 radical (unpaired) electrons. The monoisotopic (exact) mass is 364 g/mol. The van der Waals surface area contributed by atoms with Gasteiger partial charge in [-0.25, -0.2) is 0 Å². The molecular formula is C9H8BrF3O5S. The van der Waals surface area contributed by atoms with E-state index in [-0.39, 0.29) is 16.0 Å². The van der Waals surface area contributed by atoms with Gasteiger partial charge in [0.1, 0.15) is 5.75 Å². The Kier molecular flexibility index (Phi) is 4.56. The molecular weight excluding hydrogens is 357 g/mol. The van der Waals surface area contributed by atoms with E-state index in [9.17, 15) is 21.6 Å². The van der Waals surface area contributed by atoms with Crippen molar-refractivity contribution in [2.75, 3.05) is 14.2 Å². The second-order valence-electron chi connectivity index (χ2n) is 3.12. The maximum atomic E-state index is 12.2. The molecule has 1 aromatic carbocycles. The zero-order valence-corrected chi connectivity index (χ0v) is 12.0. The lowest BCUT2D eigenvalue weighted by molar-refractivity contribution is -0.0500. The smallest absolute Gasteiger partial charge is 0.493 e. The first-order valence-electron chi connectivity index (χ1n) is 4.54. The van der Waals surface area contributed by atoms with E-state index >= 15 is 0 Å². The minimum Gasteiger partial charge on any atom is -0.493 e. The molecule has 0 bridgehead atoms. The van der Waals surface area contributed by atoms with Gasteiger partial charge < -0.3 is 13.7 Å². The van der Waals surface area contributed by atoms with E-state index in [0.717, 1.165) is 12.1 Å². The van der Waals surface area contributed by atoms with Crippen LogP contribution in [0.25, 0.3) is 0 Å². The highest BCUT2D eigenvalue weighted by atomic mass is 79.9. The van der Waals surface area contributed by atoms with E-state index < -0.39 is 21.4 Å². The summed E-state index contributed by atoms with van der Waals surface area (Å²) in [5, 5.41) is 0. The van der Waals surface area contributed by atoms with Crippen LogP contribution in [0.15, 0.2) is 16.6 Å². The maximum absolute atomic E-state index is 12.2. The van der Waals surface area contributed by atoms with Crippen LogP contribution in [0.1, 0.15) is 0 Å². The number of ether oxygens (including phenoxy) is 2. The highest BCUT2D eigenvalue weighted by Gasteiger charge is 2.48. The lowest BCUT2D eigenvalue weighted by Crippen LogP contribution is -2.28. The van der Waals surface area contributed by atoms with E-state index in [1.54, 1.807) is 0 Å². The summed E-state index contributed by atoms with van der Waals surface area (Å²) in [5.41, 5.74) is -5.51. The van der Waals surface area contributed by atoms with Crippen molar-refractivity contribution in [1.29, 1.82) is 0 Å². The van der Waals surface area contributed by atoms with Gasteiger partial charge in [-0.2, -0.15) is 21.6 Å². The van der Waals surface area contributed by atoms with Gasteiger partial charge in [0.15, 0.2) is 11.5 Å². The molecule has 0 N–H and O–H groups in total. The predicted molar refractivity (Wildman–Crippen MR) is 62.8 cm³/mol. The summed E-state index contributed by atoms with van der Waals surface area (Å²) in [6, 6.07) is 1.98. The number of rotatable bonds is 4. The molecule has 0 unspecified atom stereocenters. The van der Waals surface area contributed by atoms with Crippen LogP contribution in [-0.4, -0.2) is 28.1 Å². The van der Waals surface area contributed by atoms with Crippen LogP contribution in [0.4, 0.5) is 13.2 Å². The summed E-state index contributed by atoms with van der Waals surface area (Å²) in [4.78, 5) is 0. The van der Waals surface area contributed by atoms with Gasteiger partial charge in [-0.1, -0.05) is 0 Å². The number of methoxy groups -OCH3 is 2. The Morgan fingerprint density at radius 1 is 1.16 bits per heavy atom. The van der Waals surface area contributed by atoms with E-state index in [1.165, 1.54) is 14.2 Å². The van der Waals surface area contributed by atoms with Crippen molar-refractivity contribution in [2.45, 2.75) is 5.51 Å². The van der Waals surface area contributed by atoms with Crippen molar-refractivity contribution in [3.05, 3.63) is 16.6 Å². The first kappa shape index (κ1) is 15.9. The van der Waals surface area contributed by atoms with Crippen molar-refractivity contribution < 1.29 is 35.2 Å². The van der Waals surface area contributed by atoms with Crippen LogP contribution < -0.4 is 13.7 Å². The van der Waals surface area contributed by atoms with Gasteiger partial charge >= 0.3 is 15.6 Å². The molecule has 108 valence electrons. The number of hydrogen-bond donors (Lipinski definition) is 0. The molecule has 0 fully saturated rings. The highest BCUT2D eigenvalue weighted by Crippen LogP contribution is 2.40. The van der Waals surface area contributed by atoms with Crippen LogP contribution >= 0.6 is 15.9 Å². The second kappa shape index (κ2) is 5.45. The molecule has 0 aliphatic carbocycles. The van der Waals surface area contributed by atoms with Crippen LogP contribution in [0.3, 0.4) is 0 Å². The van der Waals surface area contributed by atoms with Crippen molar-refractivity contribution in [3.8, 4) is 17.2 Å². The zero-order chi connectivity index (χ0) is 14.8. The molecule has 1 aromatic rings. The van der Waals surface area contributed by atoms with Crippen molar-refractivity contribution >= 4 is 26.0 Å². The maximum Gasteiger partial charge on any atom is 0.534 e. The number of alkyl halides is 3. The molecule has 1 rings (SSSR count). The molecule has 0 aromatic heterocycles. The molecule has 0 spiro atoms. The predicted octanol–water partition coefficient (Wildman–Crippen LogP) is 2.69. The van der Waals surface area contributed by atoms with Gasteiger partial charge in [0.2, 0.25) is 0 Å². The Morgan fingerprint density at radius 3 is 2.16 bits per heavy atom. The third-order valence-corrected chi connectivity index (χ3v) is 3.46. The zero-order valence-electron chi connectivity index (χ0n) is 9.62. The van der Waals surface area contributed by atoms with Gasteiger partial charge in [-0.15, -0.1) is 0 Å². The van der Waals surface area contributed by atoms with Gasteiger partial charge in [0.05, 0.1) is 18.7 Å². The lowest BCUT2D eigenvalue weighted by atomic mass is 10.3. The second-order valence-corrected chi connectivity index (χ2v) is 5.52. The fourth-order valence-electron chi connectivity index (χ4n) is 1.12. The van der Waals surface area contributed by atoms with Crippen molar-refractivity contribution in [3.63, 3.8) is 0 Å².